The Bertz CT molecular complexity index is 474. The second-order valence-electron chi connectivity index (χ2n) is 5.14. The number of thioether (sulfide) groups is 1. The van der Waals surface area contributed by atoms with Gasteiger partial charge in [0.25, 0.3) is 5.91 Å². The first-order valence-electron chi connectivity index (χ1n) is 7.17. The number of hydrogen-bond acceptors (Lipinski definition) is 3. The summed E-state index contributed by atoms with van der Waals surface area (Å²) >= 11 is 1.74. The first-order chi connectivity index (χ1) is 9.97. The van der Waals surface area contributed by atoms with E-state index in [1.807, 2.05) is 32.2 Å². The highest BCUT2D eigenvalue weighted by molar-refractivity contribution is 7.97. The first kappa shape index (κ1) is 17.6. The van der Waals surface area contributed by atoms with Gasteiger partial charge in [0.05, 0.1) is 0 Å². The lowest BCUT2D eigenvalue weighted by Crippen LogP contribution is -2.47. The monoisotopic (exact) mass is 308 g/mol. The Kier molecular flexibility index (Phi) is 7.29. The van der Waals surface area contributed by atoms with Gasteiger partial charge < -0.3 is 10.6 Å². The molecule has 1 aromatic carbocycles. The summed E-state index contributed by atoms with van der Waals surface area (Å²) in [5.74, 6) is 0.546. The van der Waals surface area contributed by atoms with E-state index in [1.54, 1.807) is 30.8 Å². The van der Waals surface area contributed by atoms with Crippen LogP contribution >= 0.6 is 11.8 Å². The van der Waals surface area contributed by atoms with E-state index in [9.17, 15) is 9.59 Å². The van der Waals surface area contributed by atoms with Gasteiger partial charge in [-0.1, -0.05) is 19.1 Å². The molecular weight excluding hydrogens is 284 g/mol. The van der Waals surface area contributed by atoms with Crippen LogP contribution in [0.1, 0.15) is 43.1 Å². The summed E-state index contributed by atoms with van der Waals surface area (Å²) in [5.41, 5.74) is 1.75. The maximum absolute atomic E-state index is 12.1. The molecule has 116 valence electrons. The molecule has 1 aromatic rings. The molecule has 0 heterocycles. The van der Waals surface area contributed by atoms with Gasteiger partial charge in [-0.2, -0.15) is 11.8 Å². The largest absolute Gasteiger partial charge is 0.352 e. The molecule has 0 fully saturated rings. The number of hydrogen-bond donors (Lipinski definition) is 2. The molecule has 0 bridgehead atoms. The Labute approximate surface area is 131 Å². The number of rotatable bonds is 7. The van der Waals surface area contributed by atoms with Crippen LogP contribution in [0.25, 0.3) is 0 Å². The van der Waals surface area contributed by atoms with E-state index in [2.05, 4.69) is 10.6 Å². The van der Waals surface area contributed by atoms with Crippen molar-refractivity contribution in [3.63, 3.8) is 0 Å². The lowest BCUT2D eigenvalue weighted by molar-refractivity contribution is -0.123. The maximum atomic E-state index is 12.1. The van der Waals surface area contributed by atoms with Crippen LogP contribution in [0.5, 0.6) is 0 Å². The van der Waals surface area contributed by atoms with Crippen molar-refractivity contribution >= 4 is 23.6 Å². The summed E-state index contributed by atoms with van der Waals surface area (Å²) in [5, 5.41) is 5.58. The zero-order chi connectivity index (χ0) is 15.8. The number of carbonyl (C=O) groups excluding carboxylic acids is 2. The van der Waals surface area contributed by atoms with Crippen molar-refractivity contribution in [2.24, 2.45) is 0 Å². The van der Waals surface area contributed by atoms with Crippen LogP contribution in [0.4, 0.5) is 0 Å². The van der Waals surface area contributed by atoms with Gasteiger partial charge in [-0.3, -0.25) is 9.59 Å². The van der Waals surface area contributed by atoms with Crippen molar-refractivity contribution in [3.05, 3.63) is 35.4 Å². The minimum atomic E-state index is -0.544. The second-order valence-corrected chi connectivity index (χ2v) is 6.01. The fourth-order valence-corrected chi connectivity index (χ4v) is 2.26. The van der Waals surface area contributed by atoms with Crippen LogP contribution in [0, 0.1) is 0 Å². The molecule has 2 atom stereocenters. The molecule has 0 aliphatic carbocycles. The molecular formula is C16H24N2O2S. The van der Waals surface area contributed by atoms with Crippen molar-refractivity contribution in [2.75, 3.05) is 6.26 Å². The van der Waals surface area contributed by atoms with Crippen LogP contribution < -0.4 is 10.6 Å². The van der Waals surface area contributed by atoms with Crippen molar-refractivity contribution in [1.29, 1.82) is 0 Å². The van der Waals surface area contributed by atoms with Crippen molar-refractivity contribution in [3.8, 4) is 0 Å². The van der Waals surface area contributed by atoms with Crippen molar-refractivity contribution in [1.82, 2.24) is 10.6 Å². The van der Waals surface area contributed by atoms with Gasteiger partial charge in [0, 0.05) is 17.4 Å². The molecule has 4 nitrogen and oxygen atoms in total. The lowest BCUT2D eigenvalue weighted by atomic mass is 10.1. The summed E-state index contributed by atoms with van der Waals surface area (Å²) in [7, 11) is 0. The molecule has 0 saturated carbocycles. The van der Waals surface area contributed by atoms with Crippen LogP contribution in [0.2, 0.25) is 0 Å². The molecule has 1 rings (SSSR count). The van der Waals surface area contributed by atoms with E-state index in [-0.39, 0.29) is 17.9 Å². The first-order valence-corrected chi connectivity index (χ1v) is 8.56. The highest BCUT2D eigenvalue weighted by atomic mass is 32.2. The molecule has 0 aliphatic heterocycles. The van der Waals surface area contributed by atoms with Gasteiger partial charge in [0.2, 0.25) is 5.91 Å². The van der Waals surface area contributed by atoms with Crippen LogP contribution in [0.3, 0.4) is 0 Å². The Morgan fingerprint density at radius 1 is 1.14 bits per heavy atom. The molecule has 0 aromatic heterocycles. The third-order valence-electron chi connectivity index (χ3n) is 3.27. The Balaban J connectivity index is 2.57. The average Bonchev–Trinajstić information content (AvgIpc) is 2.47. The van der Waals surface area contributed by atoms with E-state index in [0.29, 0.717) is 5.56 Å². The summed E-state index contributed by atoms with van der Waals surface area (Å²) in [4.78, 5) is 24.0. The third kappa shape index (κ3) is 5.79. The molecule has 21 heavy (non-hydrogen) atoms. The predicted octanol–water partition coefficient (Wildman–Crippen LogP) is 2.58. The predicted molar refractivity (Wildman–Crippen MR) is 88.5 cm³/mol. The smallest absolute Gasteiger partial charge is 0.251 e. The van der Waals surface area contributed by atoms with Gasteiger partial charge in [-0.25, -0.2) is 0 Å². The zero-order valence-electron chi connectivity index (χ0n) is 13.1. The van der Waals surface area contributed by atoms with E-state index in [1.165, 1.54) is 5.56 Å². The summed E-state index contributed by atoms with van der Waals surface area (Å²) in [6, 6.07) is 7.03. The molecule has 2 N–H and O–H groups in total. The topological polar surface area (TPSA) is 58.2 Å². The van der Waals surface area contributed by atoms with Crippen LogP contribution in [-0.2, 0) is 10.5 Å². The number of carbonyl (C=O) groups is 2. The molecule has 0 radical (unpaired) electrons. The summed E-state index contributed by atoms with van der Waals surface area (Å²) in [6.07, 6.45) is 2.90. The van der Waals surface area contributed by atoms with Crippen molar-refractivity contribution in [2.45, 2.75) is 45.0 Å². The molecule has 0 spiro atoms. The van der Waals surface area contributed by atoms with E-state index < -0.39 is 6.04 Å². The van der Waals surface area contributed by atoms with E-state index >= 15 is 0 Å². The van der Waals surface area contributed by atoms with E-state index in [0.717, 1.165) is 12.2 Å². The normalized spacial score (nSPS) is 13.3. The van der Waals surface area contributed by atoms with Gasteiger partial charge in [0.1, 0.15) is 6.04 Å². The van der Waals surface area contributed by atoms with Gasteiger partial charge in [-0.05, 0) is 44.2 Å². The fraction of sp³-hybridized carbons (Fsp3) is 0.500. The number of amides is 2. The third-order valence-corrected chi connectivity index (χ3v) is 3.89. The van der Waals surface area contributed by atoms with Crippen LogP contribution in [0.15, 0.2) is 24.3 Å². The number of nitrogens with one attached hydrogen (secondary N) is 2. The quantitative estimate of drug-likeness (QED) is 0.814. The minimum absolute atomic E-state index is 0.114. The van der Waals surface area contributed by atoms with Gasteiger partial charge in [-0.15, -0.1) is 0 Å². The highest BCUT2D eigenvalue weighted by Crippen LogP contribution is 2.10. The van der Waals surface area contributed by atoms with Gasteiger partial charge >= 0.3 is 0 Å². The molecule has 0 saturated heterocycles. The Morgan fingerprint density at radius 3 is 2.29 bits per heavy atom. The highest BCUT2D eigenvalue weighted by Gasteiger charge is 2.17. The fourth-order valence-electron chi connectivity index (χ4n) is 1.73. The zero-order valence-corrected chi connectivity index (χ0v) is 13.9. The molecule has 2 unspecified atom stereocenters. The van der Waals surface area contributed by atoms with E-state index in [4.69, 9.17) is 0 Å². The molecule has 2 amide bonds. The molecule has 5 heteroatoms. The summed E-state index contributed by atoms with van der Waals surface area (Å²) in [6.45, 7) is 5.64. The second kappa shape index (κ2) is 8.72. The lowest BCUT2D eigenvalue weighted by Gasteiger charge is -2.17. The minimum Gasteiger partial charge on any atom is -0.352 e. The summed E-state index contributed by atoms with van der Waals surface area (Å²) < 4.78 is 0. The van der Waals surface area contributed by atoms with Gasteiger partial charge in [0.15, 0.2) is 0 Å². The molecule has 0 aliphatic rings. The Morgan fingerprint density at radius 2 is 1.76 bits per heavy atom. The number of benzene rings is 1. The maximum Gasteiger partial charge on any atom is 0.251 e. The van der Waals surface area contributed by atoms with Crippen LogP contribution in [-0.4, -0.2) is 30.2 Å². The standard InChI is InChI=1S/C16H24N2O2S/c1-5-11(2)17-15(19)12(3)18-16(20)14-8-6-13(7-9-14)10-21-4/h6-9,11-12H,5,10H2,1-4H3,(H,17,19)(H,18,20). The Hall–Kier alpha value is -1.49. The SMILES string of the molecule is CCC(C)NC(=O)C(C)NC(=O)c1ccc(CSC)cc1. The average molecular weight is 308 g/mol. The van der Waals surface area contributed by atoms with Crippen molar-refractivity contribution < 1.29 is 9.59 Å².